The first-order valence-electron chi connectivity index (χ1n) is 11.2. The van der Waals surface area contributed by atoms with Crippen molar-refractivity contribution in [3.63, 3.8) is 0 Å². The van der Waals surface area contributed by atoms with Crippen molar-refractivity contribution in [1.82, 2.24) is 19.7 Å². The molecule has 1 fully saturated rings. The quantitative estimate of drug-likeness (QED) is 0.666. The Kier molecular flexibility index (Phi) is 6.00. The zero-order chi connectivity index (χ0) is 23.0. The molecule has 32 heavy (non-hydrogen) atoms. The highest BCUT2D eigenvalue weighted by Crippen LogP contribution is 2.31. The molecule has 1 saturated heterocycles. The summed E-state index contributed by atoms with van der Waals surface area (Å²) in [6, 6.07) is 9.54. The number of piperidine rings is 1. The second-order valence-electron chi connectivity index (χ2n) is 8.98. The van der Waals surface area contributed by atoms with Gasteiger partial charge in [-0.2, -0.15) is 5.10 Å². The molecule has 2 aromatic heterocycles. The normalized spacial score (nSPS) is 17.5. The van der Waals surface area contributed by atoms with Crippen molar-refractivity contribution in [3.8, 4) is 0 Å². The van der Waals surface area contributed by atoms with Crippen LogP contribution in [0.5, 0.6) is 0 Å². The number of aryl methyl sites for hydroxylation is 1. The number of hydrogen-bond acceptors (Lipinski definition) is 4. The lowest BCUT2D eigenvalue weighted by Gasteiger charge is -2.34. The number of pyridine rings is 1. The van der Waals surface area contributed by atoms with Crippen LogP contribution < -0.4 is 5.73 Å². The van der Waals surface area contributed by atoms with E-state index in [2.05, 4.69) is 12.0 Å². The molecule has 7 nitrogen and oxygen atoms in total. The summed E-state index contributed by atoms with van der Waals surface area (Å²) in [4.78, 5) is 32.2. The second-order valence-corrected chi connectivity index (χ2v) is 8.98. The molecule has 3 heterocycles. The molecular weight excluding hydrogens is 402 g/mol. The molecule has 2 amide bonds. The van der Waals surface area contributed by atoms with Gasteiger partial charge >= 0.3 is 0 Å². The zero-order valence-corrected chi connectivity index (χ0v) is 19.3. The van der Waals surface area contributed by atoms with Gasteiger partial charge in [-0.25, -0.2) is 0 Å². The zero-order valence-electron chi connectivity index (χ0n) is 19.3. The van der Waals surface area contributed by atoms with Gasteiger partial charge in [-0.1, -0.05) is 25.1 Å². The van der Waals surface area contributed by atoms with Crippen molar-refractivity contribution in [2.24, 2.45) is 11.7 Å². The molecule has 0 unspecified atom stereocenters. The first-order valence-corrected chi connectivity index (χ1v) is 11.2. The minimum atomic E-state index is -0.477. The third-order valence-electron chi connectivity index (χ3n) is 6.75. The Labute approximate surface area is 188 Å². The second kappa shape index (κ2) is 8.73. The van der Waals surface area contributed by atoms with Crippen LogP contribution in [0.4, 0.5) is 0 Å². The van der Waals surface area contributed by atoms with Crippen LogP contribution in [-0.4, -0.2) is 44.6 Å². The molecular formula is C25H31N5O2. The number of carbonyl (C=O) groups is 2. The predicted octanol–water partition coefficient (Wildman–Crippen LogP) is 3.50. The average molecular weight is 434 g/mol. The van der Waals surface area contributed by atoms with E-state index in [1.165, 1.54) is 5.56 Å². The van der Waals surface area contributed by atoms with Crippen molar-refractivity contribution in [2.45, 2.75) is 53.0 Å². The molecule has 7 heteroatoms. The number of benzene rings is 1. The number of primary amides is 1. The van der Waals surface area contributed by atoms with Gasteiger partial charge in [0, 0.05) is 30.1 Å². The van der Waals surface area contributed by atoms with Gasteiger partial charge in [0.25, 0.3) is 5.91 Å². The number of fused-ring (bicyclic) bond motifs is 1. The first-order chi connectivity index (χ1) is 15.3. The number of para-hydroxylation sites is 1. The monoisotopic (exact) mass is 433 g/mol. The van der Waals surface area contributed by atoms with E-state index in [0.717, 1.165) is 41.7 Å². The van der Waals surface area contributed by atoms with Crippen LogP contribution in [0.1, 0.15) is 58.7 Å². The standard InChI is InChI=1S/C25H31N5O2/c1-15(13-30-18(4)16(2)17(3)28-30)25(32)29-11-7-9-20(14-29)23-21(24(26)31)12-19-8-5-6-10-22(19)27-23/h5-6,8,10,12,15,20H,7,9,11,13-14H2,1-4H3,(H2,26,31)/t15-,20+/m1/s1. The van der Waals surface area contributed by atoms with E-state index in [-0.39, 0.29) is 17.7 Å². The number of carbonyl (C=O) groups excluding carboxylic acids is 2. The van der Waals surface area contributed by atoms with E-state index in [0.29, 0.717) is 24.3 Å². The summed E-state index contributed by atoms with van der Waals surface area (Å²) < 4.78 is 1.94. The maximum Gasteiger partial charge on any atom is 0.250 e. The Morgan fingerprint density at radius 3 is 2.66 bits per heavy atom. The molecule has 1 aromatic carbocycles. The average Bonchev–Trinajstić information content (AvgIpc) is 3.04. The lowest BCUT2D eigenvalue weighted by atomic mass is 9.90. The highest BCUT2D eigenvalue weighted by molar-refractivity contribution is 5.97. The lowest BCUT2D eigenvalue weighted by Crippen LogP contribution is -2.43. The van der Waals surface area contributed by atoms with Gasteiger partial charge in [0.1, 0.15) is 0 Å². The Balaban J connectivity index is 1.55. The third kappa shape index (κ3) is 4.11. The van der Waals surface area contributed by atoms with Crippen molar-refractivity contribution >= 4 is 22.7 Å². The number of nitrogens with two attached hydrogens (primary N) is 1. The van der Waals surface area contributed by atoms with Crippen LogP contribution in [0, 0.1) is 26.7 Å². The van der Waals surface area contributed by atoms with Gasteiger partial charge in [0.2, 0.25) is 5.91 Å². The molecule has 1 aliphatic rings. The van der Waals surface area contributed by atoms with E-state index in [1.807, 2.05) is 60.7 Å². The molecule has 1 aliphatic heterocycles. The fourth-order valence-corrected chi connectivity index (χ4v) is 4.65. The Hall–Kier alpha value is -3.22. The Bertz CT molecular complexity index is 1180. The highest BCUT2D eigenvalue weighted by Gasteiger charge is 2.31. The maximum atomic E-state index is 13.3. The van der Waals surface area contributed by atoms with Gasteiger partial charge in [-0.05, 0) is 51.3 Å². The van der Waals surface area contributed by atoms with E-state index < -0.39 is 5.91 Å². The van der Waals surface area contributed by atoms with Crippen LogP contribution in [0.25, 0.3) is 10.9 Å². The largest absolute Gasteiger partial charge is 0.366 e. The summed E-state index contributed by atoms with van der Waals surface area (Å²) in [5.74, 6) is -0.564. The fourth-order valence-electron chi connectivity index (χ4n) is 4.65. The molecule has 4 rings (SSSR count). The van der Waals surface area contributed by atoms with Gasteiger partial charge in [0.15, 0.2) is 0 Å². The van der Waals surface area contributed by atoms with Crippen LogP contribution in [0.2, 0.25) is 0 Å². The van der Waals surface area contributed by atoms with Crippen LogP contribution in [-0.2, 0) is 11.3 Å². The summed E-state index contributed by atoms with van der Waals surface area (Å²) in [6.07, 6.45) is 1.75. The lowest BCUT2D eigenvalue weighted by molar-refractivity contribution is -0.136. The topological polar surface area (TPSA) is 94.1 Å². The number of nitrogens with zero attached hydrogens (tertiary/aromatic N) is 4. The Morgan fingerprint density at radius 2 is 1.97 bits per heavy atom. The molecule has 2 atom stereocenters. The summed E-state index contributed by atoms with van der Waals surface area (Å²) in [5.41, 5.74) is 11.0. The van der Waals surface area contributed by atoms with Gasteiger partial charge in [0.05, 0.1) is 34.9 Å². The van der Waals surface area contributed by atoms with Crippen molar-refractivity contribution in [2.75, 3.05) is 13.1 Å². The minimum Gasteiger partial charge on any atom is -0.366 e. The summed E-state index contributed by atoms with van der Waals surface area (Å²) in [5, 5.41) is 5.48. The SMILES string of the molecule is Cc1nn(C[C@@H](C)C(=O)N2CCC[C@H](c3nc4ccccc4cc3C(N)=O)C2)c(C)c1C. The maximum absolute atomic E-state index is 13.3. The fraction of sp³-hybridized carbons (Fsp3) is 0.440. The third-order valence-corrected chi connectivity index (χ3v) is 6.75. The molecule has 0 radical (unpaired) electrons. The van der Waals surface area contributed by atoms with Gasteiger partial charge in [-0.15, -0.1) is 0 Å². The number of likely N-dealkylation sites (tertiary alicyclic amines) is 1. The van der Waals surface area contributed by atoms with Crippen LogP contribution >= 0.6 is 0 Å². The van der Waals surface area contributed by atoms with Crippen molar-refractivity contribution < 1.29 is 9.59 Å². The predicted molar refractivity (Wildman–Crippen MR) is 124 cm³/mol. The summed E-state index contributed by atoms with van der Waals surface area (Å²) in [6.45, 7) is 9.87. The highest BCUT2D eigenvalue weighted by atomic mass is 16.2. The van der Waals surface area contributed by atoms with E-state index >= 15 is 0 Å². The molecule has 168 valence electrons. The van der Waals surface area contributed by atoms with E-state index in [4.69, 9.17) is 10.7 Å². The van der Waals surface area contributed by atoms with Gasteiger partial charge < -0.3 is 10.6 Å². The van der Waals surface area contributed by atoms with Crippen molar-refractivity contribution in [3.05, 3.63) is 58.5 Å². The van der Waals surface area contributed by atoms with Crippen LogP contribution in [0.3, 0.4) is 0 Å². The first kappa shape index (κ1) is 22.0. The van der Waals surface area contributed by atoms with Crippen molar-refractivity contribution in [1.29, 1.82) is 0 Å². The molecule has 3 aromatic rings. The molecule has 0 bridgehead atoms. The summed E-state index contributed by atoms with van der Waals surface area (Å²) in [7, 11) is 0. The molecule has 2 N–H and O–H groups in total. The summed E-state index contributed by atoms with van der Waals surface area (Å²) >= 11 is 0. The number of hydrogen-bond donors (Lipinski definition) is 1. The van der Waals surface area contributed by atoms with Gasteiger partial charge in [-0.3, -0.25) is 19.3 Å². The minimum absolute atomic E-state index is 0.0112. The van der Waals surface area contributed by atoms with E-state index in [1.54, 1.807) is 0 Å². The number of rotatable bonds is 5. The van der Waals surface area contributed by atoms with E-state index in [9.17, 15) is 9.59 Å². The number of aromatic nitrogens is 3. The number of amides is 2. The van der Waals surface area contributed by atoms with Crippen LogP contribution in [0.15, 0.2) is 30.3 Å². The molecule has 0 aliphatic carbocycles. The Morgan fingerprint density at radius 1 is 1.22 bits per heavy atom. The molecule has 0 spiro atoms. The smallest absolute Gasteiger partial charge is 0.250 e. The molecule has 0 saturated carbocycles.